The van der Waals surface area contributed by atoms with E-state index < -0.39 is 11.5 Å². The Kier molecular flexibility index (Phi) is 5.35. The van der Waals surface area contributed by atoms with Gasteiger partial charge in [0.2, 0.25) is 0 Å². The molecular formula is C11H12LiNO2. The molecule has 15 heavy (non-hydrogen) atoms. The van der Waals surface area contributed by atoms with Crippen molar-refractivity contribution < 1.29 is 28.8 Å². The average molecular weight is 197 g/mol. The SMILES string of the molecule is [CH2-][C@@](C)(N=Cc1ccccc1)C(=O)O.[Li+]. The van der Waals surface area contributed by atoms with Crippen molar-refractivity contribution in [1.82, 2.24) is 0 Å². The first kappa shape index (κ1) is 14.0. The molecule has 0 amide bonds. The smallest absolute Gasteiger partial charge is 0.481 e. The first-order valence-electron chi connectivity index (χ1n) is 4.21. The number of aliphatic carboxylic acids is 1. The number of aliphatic imine (C=N–C) groups is 1. The molecule has 0 fully saturated rings. The fraction of sp³-hybridized carbons (Fsp3) is 0.182. The van der Waals surface area contributed by atoms with E-state index in [4.69, 9.17) is 5.11 Å². The van der Waals surface area contributed by atoms with E-state index in [1.54, 1.807) is 0 Å². The van der Waals surface area contributed by atoms with Gasteiger partial charge in [-0.2, -0.15) is 0 Å². The Morgan fingerprint density at radius 3 is 2.47 bits per heavy atom. The minimum Gasteiger partial charge on any atom is -0.481 e. The standard InChI is InChI=1S/C11H12NO2.Li/c1-11(2,10(13)14)12-8-9-6-4-3-5-7-9;/h3-8H,1H2,2H3,(H,13,14);/q-1;+1/t11-;/m0./s1. The molecule has 1 N–H and O–H groups in total. The van der Waals surface area contributed by atoms with Crippen molar-refractivity contribution >= 4 is 12.2 Å². The van der Waals surface area contributed by atoms with Crippen LogP contribution in [-0.4, -0.2) is 22.8 Å². The van der Waals surface area contributed by atoms with Gasteiger partial charge in [-0.25, -0.2) is 0 Å². The zero-order valence-corrected chi connectivity index (χ0v) is 8.97. The van der Waals surface area contributed by atoms with Gasteiger partial charge in [-0.1, -0.05) is 37.3 Å². The second kappa shape index (κ2) is 5.75. The van der Waals surface area contributed by atoms with Crippen LogP contribution in [0.15, 0.2) is 35.3 Å². The van der Waals surface area contributed by atoms with Crippen LogP contribution >= 0.6 is 0 Å². The third-order valence-electron chi connectivity index (χ3n) is 1.76. The maximum Gasteiger partial charge on any atom is 1.00 e. The van der Waals surface area contributed by atoms with E-state index in [0.29, 0.717) is 0 Å². The molecule has 0 spiro atoms. The molecule has 0 aliphatic heterocycles. The Bertz CT molecular complexity index is 347. The summed E-state index contributed by atoms with van der Waals surface area (Å²) >= 11 is 0. The van der Waals surface area contributed by atoms with Gasteiger partial charge < -0.3 is 17.0 Å². The van der Waals surface area contributed by atoms with Crippen LogP contribution in [0.3, 0.4) is 0 Å². The van der Waals surface area contributed by atoms with Crippen LogP contribution in [0, 0.1) is 6.92 Å². The maximum absolute atomic E-state index is 10.7. The van der Waals surface area contributed by atoms with Gasteiger partial charge in [0.1, 0.15) is 0 Å². The molecule has 0 aliphatic carbocycles. The summed E-state index contributed by atoms with van der Waals surface area (Å²) in [5.41, 5.74) is -0.445. The van der Waals surface area contributed by atoms with Crippen molar-refractivity contribution in [3.63, 3.8) is 0 Å². The van der Waals surface area contributed by atoms with Crippen molar-refractivity contribution in [1.29, 1.82) is 0 Å². The van der Waals surface area contributed by atoms with E-state index in [9.17, 15) is 4.79 Å². The quantitative estimate of drug-likeness (QED) is 0.375. The second-order valence-corrected chi connectivity index (χ2v) is 3.25. The van der Waals surface area contributed by atoms with Gasteiger partial charge in [-0.05, 0) is 5.56 Å². The molecule has 1 rings (SSSR count). The predicted octanol–water partition coefficient (Wildman–Crippen LogP) is -1.21. The fourth-order valence-electron chi connectivity index (χ4n) is 0.811. The molecule has 1 aromatic rings. The van der Waals surface area contributed by atoms with Gasteiger partial charge in [0.05, 0.1) is 0 Å². The number of rotatable bonds is 3. The van der Waals surface area contributed by atoms with E-state index in [-0.39, 0.29) is 18.9 Å². The molecule has 4 heteroatoms. The van der Waals surface area contributed by atoms with E-state index in [1.165, 1.54) is 13.1 Å². The molecule has 0 saturated heterocycles. The molecule has 1 atom stereocenters. The Balaban J connectivity index is 0.00000196. The zero-order valence-electron chi connectivity index (χ0n) is 8.97. The minimum absolute atomic E-state index is 0. The van der Waals surface area contributed by atoms with Gasteiger partial charge in [-0.15, -0.1) is 0 Å². The number of carboxylic acids is 1. The Hall–Kier alpha value is -1.04. The van der Waals surface area contributed by atoms with Crippen LogP contribution in [0.2, 0.25) is 0 Å². The van der Waals surface area contributed by atoms with Crippen molar-refractivity contribution in [2.75, 3.05) is 0 Å². The number of carbonyl (C=O) groups is 1. The van der Waals surface area contributed by atoms with Crippen LogP contribution < -0.4 is 18.9 Å². The van der Waals surface area contributed by atoms with Gasteiger partial charge in [-0.3, -0.25) is 4.79 Å². The van der Waals surface area contributed by atoms with Crippen molar-refractivity contribution in [2.45, 2.75) is 12.5 Å². The van der Waals surface area contributed by atoms with E-state index in [0.717, 1.165) is 5.56 Å². The first-order chi connectivity index (χ1) is 6.52. The second-order valence-electron chi connectivity index (χ2n) is 3.25. The first-order valence-corrected chi connectivity index (χ1v) is 4.21. The number of benzene rings is 1. The summed E-state index contributed by atoms with van der Waals surface area (Å²) in [6, 6.07) is 9.31. The van der Waals surface area contributed by atoms with Crippen LogP contribution in [0.1, 0.15) is 12.5 Å². The Morgan fingerprint density at radius 2 is 2.00 bits per heavy atom. The molecule has 0 radical (unpaired) electrons. The molecule has 0 aromatic heterocycles. The summed E-state index contributed by atoms with van der Waals surface area (Å²) in [6.45, 7) is 4.94. The van der Waals surface area contributed by atoms with Gasteiger partial charge >= 0.3 is 18.9 Å². The summed E-state index contributed by atoms with van der Waals surface area (Å²) in [6.07, 6.45) is 1.52. The molecule has 1 aromatic carbocycles. The van der Waals surface area contributed by atoms with Crippen LogP contribution in [0.25, 0.3) is 0 Å². The third-order valence-corrected chi connectivity index (χ3v) is 1.76. The summed E-state index contributed by atoms with van der Waals surface area (Å²) in [4.78, 5) is 14.6. The fourth-order valence-corrected chi connectivity index (χ4v) is 0.811. The predicted molar refractivity (Wildman–Crippen MR) is 55.4 cm³/mol. The molecule has 0 aliphatic rings. The molecule has 0 unspecified atom stereocenters. The largest absolute Gasteiger partial charge is 1.00 e. The van der Waals surface area contributed by atoms with Crippen LogP contribution in [0.4, 0.5) is 0 Å². The Morgan fingerprint density at radius 1 is 1.47 bits per heavy atom. The normalized spacial score (nSPS) is 14.3. The number of hydrogen-bond donors (Lipinski definition) is 1. The van der Waals surface area contributed by atoms with E-state index >= 15 is 0 Å². The van der Waals surface area contributed by atoms with Crippen LogP contribution in [0.5, 0.6) is 0 Å². The molecule has 3 nitrogen and oxygen atoms in total. The van der Waals surface area contributed by atoms with Gasteiger partial charge in [0.15, 0.2) is 0 Å². The maximum atomic E-state index is 10.7. The minimum atomic E-state index is -1.31. The van der Waals surface area contributed by atoms with E-state index in [2.05, 4.69) is 11.9 Å². The van der Waals surface area contributed by atoms with Crippen molar-refractivity contribution in [2.24, 2.45) is 4.99 Å². The summed E-state index contributed by atoms with van der Waals surface area (Å²) in [5.74, 6) is -1.04. The van der Waals surface area contributed by atoms with Crippen molar-refractivity contribution in [3.8, 4) is 0 Å². The monoisotopic (exact) mass is 197 g/mol. The Labute approximate surface area is 101 Å². The number of carboxylic acid groups (broad SMARTS) is 1. The topological polar surface area (TPSA) is 49.7 Å². The average Bonchev–Trinajstić information content (AvgIpc) is 2.16. The summed E-state index contributed by atoms with van der Waals surface area (Å²) in [5, 5.41) is 8.74. The molecular weight excluding hydrogens is 185 g/mol. The van der Waals surface area contributed by atoms with E-state index in [1.807, 2.05) is 30.3 Å². The molecule has 74 valence electrons. The number of nitrogens with zero attached hydrogens (tertiary/aromatic N) is 1. The van der Waals surface area contributed by atoms with Gasteiger partial charge in [0, 0.05) is 11.8 Å². The van der Waals surface area contributed by atoms with Gasteiger partial charge in [0.25, 0.3) is 5.97 Å². The third kappa shape index (κ3) is 4.33. The molecule has 0 saturated carbocycles. The summed E-state index contributed by atoms with van der Waals surface area (Å²) in [7, 11) is 0. The molecule has 0 heterocycles. The van der Waals surface area contributed by atoms with Crippen molar-refractivity contribution in [3.05, 3.63) is 42.8 Å². The number of hydrogen-bond acceptors (Lipinski definition) is 2. The zero-order chi connectivity index (χ0) is 10.6. The summed E-state index contributed by atoms with van der Waals surface area (Å²) < 4.78 is 0. The van der Waals surface area contributed by atoms with Crippen LogP contribution in [-0.2, 0) is 4.79 Å². The molecule has 0 bridgehead atoms.